The van der Waals surface area contributed by atoms with Crippen LogP contribution in [-0.2, 0) is 15.0 Å². The molecule has 0 radical (unpaired) electrons. The van der Waals surface area contributed by atoms with Crippen LogP contribution in [-0.4, -0.2) is 39.3 Å². The number of hydrogen-bond acceptors (Lipinski definition) is 4. The summed E-state index contributed by atoms with van der Waals surface area (Å²) in [6.45, 7) is 2.76. The molecule has 0 spiro atoms. The molecule has 6 nitrogen and oxygen atoms in total. The molecule has 2 N–H and O–H groups in total. The summed E-state index contributed by atoms with van der Waals surface area (Å²) in [6.07, 6.45) is 0. The number of halogens is 1. The Balaban J connectivity index is 2.19. The van der Waals surface area contributed by atoms with Crippen LogP contribution in [0.15, 0.2) is 18.2 Å². The molecule has 1 aromatic carbocycles. The van der Waals surface area contributed by atoms with Gasteiger partial charge in [0.2, 0.25) is 0 Å². The highest BCUT2D eigenvalue weighted by atomic mass is 35.5. The van der Waals surface area contributed by atoms with E-state index >= 15 is 0 Å². The fourth-order valence-corrected chi connectivity index (χ4v) is 2.50. The smallest absolute Gasteiger partial charge is 0.357 e. The minimum Gasteiger partial charge on any atom is -0.378 e. The topological polar surface area (TPSA) is 78.9 Å². The van der Waals surface area contributed by atoms with Crippen LogP contribution in [0.4, 0.5) is 11.4 Å². The van der Waals surface area contributed by atoms with E-state index in [1.54, 1.807) is 12.1 Å². The van der Waals surface area contributed by atoms with Crippen LogP contribution in [0.2, 0.25) is 5.02 Å². The van der Waals surface area contributed by atoms with Crippen molar-refractivity contribution >= 4 is 33.3 Å². The number of benzene rings is 1. The Bertz CT molecular complexity index is 529. The SMILES string of the molecule is O=S(=O)(O)Nc1ccc(N2CCOCC2)c(Cl)c1. The molecule has 1 saturated heterocycles. The standard InChI is InChI=1S/C10H13ClN2O4S/c11-9-7-8(12-18(14,15)16)1-2-10(9)13-3-5-17-6-4-13/h1-2,7,12H,3-6H2,(H,14,15,16). The molecule has 8 heteroatoms. The lowest BCUT2D eigenvalue weighted by Crippen LogP contribution is -2.36. The second-order valence-corrected chi connectivity index (χ2v) is 5.40. The van der Waals surface area contributed by atoms with Crippen molar-refractivity contribution in [2.75, 3.05) is 35.9 Å². The Hall–Kier alpha value is -1.02. The molecule has 100 valence electrons. The van der Waals surface area contributed by atoms with E-state index in [0.29, 0.717) is 18.2 Å². The molecule has 1 fully saturated rings. The van der Waals surface area contributed by atoms with Crippen molar-refractivity contribution in [1.29, 1.82) is 0 Å². The number of ether oxygens (including phenoxy) is 1. The van der Waals surface area contributed by atoms with Gasteiger partial charge in [0.25, 0.3) is 0 Å². The maximum Gasteiger partial charge on any atom is 0.357 e. The summed E-state index contributed by atoms with van der Waals surface area (Å²) in [4.78, 5) is 2.06. The predicted molar refractivity (Wildman–Crippen MR) is 69.7 cm³/mol. The van der Waals surface area contributed by atoms with Gasteiger partial charge in [-0.05, 0) is 18.2 Å². The largest absolute Gasteiger partial charge is 0.378 e. The van der Waals surface area contributed by atoms with Gasteiger partial charge in [0.1, 0.15) is 0 Å². The van der Waals surface area contributed by atoms with Crippen molar-refractivity contribution in [1.82, 2.24) is 0 Å². The van der Waals surface area contributed by atoms with Crippen molar-refractivity contribution < 1.29 is 17.7 Å². The van der Waals surface area contributed by atoms with E-state index in [1.807, 2.05) is 4.72 Å². The fourth-order valence-electron chi connectivity index (χ4n) is 1.78. The average molecular weight is 293 g/mol. The minimum atomic E-state index is -4.27. The van der Waals surface area contributed by atoms with Gasteiger partial charge < -0.3 is 9.64 Å². The Morgan fingerprint density at radius 3 is 2.56 bits per heavy atom. The summed E-state index contributed by atoms with van der Waals surface area (Å²) in [5.41, 5.74) is 1.04. The highest BCUT2D eigenvalue weighted by molar-refractivity contribution is 7.87. The third-order valence-electron chi connectivity index (χ3n) is 2.55. The van der Waals surface area contributed by atoms with Gasteiger partial charge in [0.05, 0.1) is 29.6 Å². The van der Waals surface area contributed by atoms with Crippen LogP contribution >= 0.6 is 11.6 Å². The fraction of sp³-hybridized carbons (Fsp3) is 0.400. The Morgan fingerprint density at radius 1 is 1.33 bits per heavy atom. The summed E-state index contributed by atoms with van der Waals surface area (Å²) < 4.78 is 37.2. The maximum absolute atomic E-state index is 10.7. The van der Waals surface area contributed by atoms with Crippen LogP contribution in [0.1, 0.15) is 0 Å². The van der Waals surface area contributed by atoms with Crippen molar-refractivity contribution in [3.8, 4) is 0 Å². The molecule has 0 bridgehead atoms. The van der Waals surface area contributed by atoms with Crippen molar-refractivity contribution in [3.63, 3.8) is 0 Å². The van der Waals surface area contributed by atoms with Gasteiger partial charge in [0, 0.05) is 13.1 Å². The molecule has 2 rings (SSSR count). The summed E-state index contributed by atoms with van der Waals surface area (Å²) in [5, 5.41) is 0.422. The first kappa shape index (κ1) is 13.4. The van der Waals surface area contributed by atoms with Gasteiger partial charge >= 0.3 is 10.3 Å². The highest BCUT2D eigenvalue weighted by Crippen LogP contribution is 2.29. The van der Waals surface area contributed by atoms with Crippen LogP contribution in [0, 0.1) is 0 Å². The van der Waals surface area contributed by atoms with E-state index in [4.69, 9.17) is 20.9 Å². The molecular weight excluding hydrogens is 280 g/mol. The monoisotopic (exact) mass is 292 g/mol. The first-order valence-corrected chi connectivity index (χ1v) is 7.15. The molecule has 0 aliphatic carbocycles. The second kappa shape index (κ2) is 5.31. The van der Waals surface area contributed by atoms with Crippen LogP contribution in [0.25, 0.3) is 0 Å². The Kier molecular flexibility index (Phi) is 3.96. The van der Waals surface area contributed by atoms with Crippen molar-refractivity contribution in [3.05, 3.63) is 23.2 Å². The molecule has 1 heterocycles. The normalized spacial score (nSPS) is 16.7. The van der Waals surface area contributed by atoms with Gasteiger partial charge in [-0.3, -0.25) is 9.27 Å². The molecular formula is C10H13ClN2O4S. The zero-order chi connectivity index (χ0) is 13.2. The highest BCUT2D eigenvalue weighted by Gasteiger charge is 2.15. The van der Waals surface area contributed by atoms with E-state index < -0.39 is 10.3 Å². The quantitative estimate of drug-likeness (QED) is 0.823. The lowest BCUT2D eigenvalue weighted by molar-refractivity contribution is 0.122. The van der Waals surface area contributed by atoms with Crippen LogP contribution in [0.3, 0.4) is 0 Å². The number of morpholine rings is 1. The second-order valence-electron chi connectivity index (χ2n) is 3.84. The molecule has 1 aromatic rings. The van der Waals surface area contributed by atoms with Crippen LogP contribution < -0.4 is 9.62 Å². The van der Waals surface area contributed by atoms with Gasteiger partial charge in [-0.15, -0.1) is 0 Å². The molecule has 0 unspecified atom stereocenters. The minimum absolute atomic E-state index is 0.222. The molecule has 0 aromatic heterocycles. The first-order valence-electron chi connectivity index (χ1n) is 5.33. The number of nitrogens with zero attached hydrogens (tertiary/aromatic N) is 1. The van der Waals surface area contributed by atoms with Crippen LogP contribution in [0.5, 0.6) is 0 Å². The molecule has 0 amide bonds. The molecule has 1 aliphatic heterocycles. The van der Waals surface area contributed by atoms with E-state index in [1.165, 1.54) is 6.07 Å². The summed E-state index contributed by atoms with van der Waals surface area (Å²) in [6, 6.07) is 4.71. The third kappa shape index (κ3) is 3.49. The molecule has 0 atom stereocenters. The molecule has 0 saturated carbocycles. The summed E-state index contributed by atoms with van der Waals surface area (Å²) in [5.74, 6) is 0. The van der Waals surface area contributed by atoms with E-state index in [0.717, 1.165) is 18.8 Å². The lowest BCUT2D eigenvalue weighted by atomic mass is 10.2. The number of hydrogen-bond donors (Lipinski definition) is 2. The first-order chi connectivity index (χ1) is 8.46. The number of anilines is 2. The zero-order valence-corrected chi connectivity index (χ0v) is 11.0. The Morgan fingerprint density at radius 2 is 2.00 bits per heavy atom. The molecule has 1 aliphatic rings. The van der Waals surface area contributed by atoms with Crippen molar-refractivity contribution in [2.45, 2.75) is 0 Å². The zero-order valence-electron chi connectivity index (χ0n) is 9.47. The van der Waals surface area contributed by atoms with E-state index in [2.05, 4.69) is 4.90 Å². The predicted octanol–water partition coefficient (Wildman–Crippen LogP) is 1.39. The number of nitrogens with one attached hydrogen (secondary N) is 1. The van der Waals surface area contributed by atoms with E-state index in [-0.39, 0.29) is 5.69 Å². The van der Waals surface area contributed by atoms with Gasteiger partial charge in [-0.2, -0.15) is 8.42 Å². The van der Waals surface area contributed by atoms with E-state index in [9.17, 15) is 8.42 Å². The Labute approximate surface area is 110 Å². The van der Waals surface area contributed by atoms with Gasteiger partial charge in [-0.1, -0.05) is 11.6 Å². The van der Waals surface area contributed by atoms with Gasteiger partial charge in [0.15, 0.2) is 0 Å². The van der Waals surface area contributed by atoms with Gasteiger partial charge in [-0.25, -0.2) is 0 Å². The summed E-state index contributed by atoms with van der Waals surface area (Å²) >= 11 is 6.09. The molecule has 18 heavy (non-hydrogen) atoms. The number of rotatable bonds is 3. The third-order valence-corrected chi connectivity index (χ3v) is 3.34. The maximum atomic E-state index is 10.7. The van der Waals surface area contributed by atoms with Crippen molar-refractivity contribution in [2.24, 2.45) is 0 Å². The average Bonchev–Trinajstić information content (AvgIpc) is 2.28. The summed E-state index contributed by atoms with van der Waals surface area (Å²) in [7, 11) is -4.27. The lowest BCUT2D eigenvalue weighted by Gasteiger charge is -2.29.